The lowest BCUT2D eigenvalue weighted by molar-refractivity contribution is -0.147. The van der Waals surface area contributed by atoms with Gasteiger partial charge >= 0.3 is 6.18 Å². The van der Waals surface area contributed by atoms with Crippen molar-refractivity contribution < 1.29 is 30.8 Å². The number of sulfonamides is 1. The molecule has 2 heterocycles. The quantitative estimate of drug-likeness (QED) is 0.442. The van der Waals surface area contributed by atoms with Gasteiger partial charge in [0.05, 0.1) is 22.5 Å². The summed E-state index contributed by atoms with van der Waals surface area (Å²) in [6.45, 7) is 2.31. The molecule has 1 fully saturated rings. The number of pyridine rings is 1. The van der Waals surface area contributed by atoms with E-state index in [9.17, 15) is 30.8 Å². The monoisotopic (exact) mass is 526 g/mol. The number of benzene rings is 1. The number of alkyl halides is 3. The van der Waals surface area contributed by atoms with E-state index in [0.29, 0.717) is 29.1 Å². The van der Waals surface area contributed by atoms with E-state index in [4.69, 9.17) is 5.73 Å². The molecule has 1 atom stereocenters. The number of carbonyl (C=O) groups excluding carboxylic acids is 1. The molecule has 1 aliphatic carbocycles. The Hall–Kier alpha value is -2.99. The molecule has 0 spiro atoms. The highest BCUT2D eigenvalue weighted by Crippen LogP contribution is 2.41. The van der Waals surface area contributed by atoms with Crippen molar-refractivity contribution in [2.24, 2.45) is 5.73 Å². The lowest BCUT2D eigenvalue weighted by Crippen LogP contribution is -2.42. The number of fused-ring (bicyclic) bond motifs is 1. The zero-order chi connectivity index (χ0) is 26.4. The highest BCUT2D eigenvalue weighted by atomic mass is 32.2. The fourth-order valence-electron chi connectivity index (χ4n) is 4.70. The van der Waals surface area contributed by atoms with Crippen molar-refractivity contribution in [3.05, 3.63) is 47.4 Å². The SMILES string of the molecule is Cc1cc2c(cc1F)c(C(N)=O)c(-c1ccc(S(=O)(=O)N[C@@H](C)C(F)(F)F)cn1)n2C1CCCCC1. The molecule has 4 rings (SSSR count). The van der Waals surface area contributed by atoms with Gasteiger partial charge in [-0.25, -0.2) is 12.8 Å². The van der Waals surface area contributed by atoms with Gasteiger partial charge in [-0.15, -0.1) is 0 Å². The van der Waals surface area contributed by atoms with E-state index in [2.05, 4.69) is 4.98 Å². The number of hydrogen-bond donors (Lipinski definition) is 2. The minimum Gasteiger partial charge on any atom is -0.366 e. The summed E-state index contributed by atoms with van der Waals surface area (Å²) in [6, 6.07) is 3.03. The molecule has 0 aliphatic heterocycles. The van der Waals surface area contributed by atoms with E-state index in [1.807, 2.05) is 4.57 Å². The number of amides is 1. The van der Waals surface area contributed by atoms with E-state index in [1.165, 1.54) is 12.1 Å². The molecule has 0 radical (unpaired) electrons. The Morgan fingerprint density at radius 3 is 2.42 bits per heavy atom. The molecule has 194 valence electrons. The number of hydrogen-bond acceptors (Lipinski definition) is 4. The van der Waals surface area contributed by atoms with Gasteiger partial charge in [-0.2, -0.15) is 17.9 Å². The molecule has 1 aliphatic rings. The number of nitrogens with one attached hydrogen (secondary N) is 1. The predicted molar refractivity (Wildman–Crippen MR) is 126 cm³/mol. The maximum absolute atomic E-state index is 14.5. The molecule has 2 aromatic heterocycles. The summed E-state index contributed by atoms with van der Waals surface area (Å²) < 4.78 is 81.6. The van der Waals surface area contributed by atoms with Gasteiger partial charge in [0.25, 0.3) is 5.91 Å². The Bertz CT molecular complexity index is 1410. The molecular weight excluding hydrogens is 500 g/mol. The third-order valence-corrected chi connectivity index (χ3v) is 8.11. The minimum absolute atomic E-state index is 0.0197. The number of primary amides is 1. The van der Waals surface area contributed by atoms with Gasteiger partial charge in [-0.05, 0) is 56.5 Å². The van der Waals surface area contributed by atoms with Gasteiger partial charge in [-0.3, -0.25) is 9.78 Å². The van der Waals surface area contributed by atoms with Crippen LogP contribution in [0.15, 0.2) is 35.4 Å². The lowest BCUT2D eigenvalue weighted by atomic mass is 9.94. The molecular formula is C24H26F4N4O3S. The van der Waals surface area contributed by atoms with E-state index in [0.717, 1.165) is 44.4 Å². The van der Waals surface area contributed by atoms with Crippen LogP contribution < -0.4 is 10.5 Å². The molecule has 12 heteroatoms. The van der Waals surface area contributed by atoms with Crippen LogP contribution in [0.5, 0.6) is 0 Å². The first-order valence-electron chi connectivity index (χ1n) is 11.5. The highest BCUT2D eigenvalue weighted by Gasteiger charge is 2.39. The van der Waals surface area contributed by atoms with E-state index in [1.54, 1.807) is 17.7 Å². The summed E-state index contributed by atoms with van der Waals surface area (Å²) in [6.07, 6.45) is 0.794. The number of carbonyl (C=O) groups is 1. The van der Waals surface area contributed by atoms with Crippen molar-refractivity contribution in [2.45, 2.75) is 69.1 Å². The number of halogens is 4. The van der Waals surface area contributed by atoms with Crippen LogP contribution >= 0.6 is 0 Å². The van der Waals surface area contributed by atoms with Crippen LogP contribution in [0.4, 0.5) is 17.6 Å². The smallest absolute Gasteiger partial charge is 0.366 e. The summed E-state index contributed by atoms with van der Waals surface area (Å²) in [7, 11) is -4.52. The van der Waals surface area contributed by atoms with Crippen LogP contribution in [0, 0.1) is 12.7 Å². The Balaban J connectivity index is 1.88. The second-order valence-electron chi connectivity index (χ2n) is 9.13. The van der Waals surface area contributed by atoms with E-state index < -0.39 is 38.9 Å². The summed E-state index contributed by atoms with van der Waals surface area (Å²) in [4.78, 5) is 16.3. The van der Waals surface area contributed by atoms with Crippen LogP contribution in [0.2, 0.25) is 0 Å². The van der Waals surface area contributed by atoms with Gasteiger partial charge in [0.15, 0.2) is 0 Å². The van der Waals surface area contributed by atoms with Crippen molar-refractivity contribution in [1.29, 1.82) is 0 Å². The molecule has 0 bridgehead atoms. The van der Waals surface area contributed by atoms with Crippen LogP contribution in [0.25, 0.3) is 22.3 Å². The second-order valence-corrected chi connectivity index (χ2v) is 10.8. The molecule has 36 heavy (non-hydrogen) atoms. The average molecular weight is 527 g/mol. The summed E-state index contributed by atoms with van der Waals surface area (Å²) in [5.41, 5.74) is 7.32. The average Bonchev–Trinajstić information content (AvgIpc) is 3.13. The number of nitrogens with two attached hydrogens (primary N) is 1. The predicted octanol–water partition coefficient (Wildman–Crippen LogP) is 4.98. The molecule has 0 unspecified atom stereocenters. The van der Waals surface area contributed by atoms with Crippen molar-refractivity contribution >= 4 is 26.8 Å². The first-order chi connectivity index (χ1) is 16.8. The second kappa shape index (κ2) is 9.47. The number of nitrogens with zero attached hydrogens (tertiary/aromatic N) is 2. The van der Waals surface area contributed by atoms with Crippen LogP contribution in [0.1, 0.15) is 61.0 Å². The Labute approximate surface area is 205 Å². The van der Waals surface area contributed by atoms with Crippen molar-refractivity contribution in [3.63, 3.8) is 0 Å². The third kappa shape index (κ3) is 4.83. The topological polar surface area (TPSA) is 107 Å². The molecule has 0 saturated heterocycles. The summed E-state index contributed by atoms with van der Waals surface area (Å²) >= 11 is 0. The Kier molecular flexibility index (Phi) is 6.86. The highest BCUT2D eigenvalue weighted by molar-refractivity contribution is 7.89. The molecule has 1 aromatic carbocycles. The normalized spacial score (nSPS) is 16.4. The summed E-state index contributed by atoms with van der Waals surface area (Å²) in [5.74, 6) is -1.30. The Morgan fingerprint density at radius 2 is 1.86 bits per heavy atom. The molecule has 1 amide bonds. The van der Waals surface area contributed by atoms with Crippen molar-refractivity contribution in [2.75, 3.05) is 0 Å². The molecule has 1 saturated carbocycles. The first kappa shape index (κ1) is 26.1. The fraction of sp³-hybridized carbons (Fsp3) is 0.417. The van der Waals surface area contributed by atoms with Crippen LogP contribution in [-0.4, -0.2) is 36.1 Å². The standard InChI is InChI=1S/C24H26F4N4O3S/c1-13-10-20-17(11-18(13)25)21(23(29)33)22(32(20)15-6-4-3-5-7-15)19-9-8-16(12-30-19)36(34,35)31-14(2)24(26,27)28/h8-12,14-15,31H,3-7H2,1-2H3,(H2,29,33)/t14-/m0/s1. The fourth-order valence-corrected chi connectivity index (χ4v) is 5.87. The van der Waals surface area contributed by atoms with Gasteiger partial charge < -0.3 is 10.3 Å². The zero-order valence-corrected chi connectivity index (χ0v) is 20.5. The number of aryl methyl sites for hydroxylation is 1. The van der Waals surface area contributed by atoms with Gasteiger partial charge in [0.2, 0.25) is 10.0 Å². The van der Waals surface area contributed by atoms with Gasteiger partial charge in [0, 0.05) is 17.6 Å². The maximum Gasteiger partial charge on any atom is 0.404 e. The van der Waals surface area contributed by atoms with Crippen LogP contribution in [-0.2, 0) is 10.0 Å². The molecule has 3 aromatic rings. The van der Waals surface area contributed by atoms with Crippen LogP contribution in [0.3, 0.4) is 0 Å². The number of aromatic nitrogens is 2. The first-order valence-corrected chi connectivity index (χ1v) is 13.0. The van der Waals surface area contributed by atoms with Crippen molar-refractivity contribution in [1.82, 2.24) is 14.3 Å². The van der Waals surface area contributed by atoms with Gasteiger partial charge in [0.1, 0.15) is 16.8 Å². The van der Waals surface area contributed by atoms with Crippen molar-refractivity contribution in [3.8, 4) is 11.4 Å². The van der Waals surface area contributed by atoms with Gasteiger partial charge in [-0.1, -0.05) is 19.3 Å². The summed E-state index contributed by atoms with van der Waals surface area (Å²) in [5, 5.41) is 0.324. The maximum atomic E-state index is 14.5. The third-order valence-electron chi connectivity index (χ3n) is 6.58. The van der Waals surface area contributed by atoms with E-state index >= 15 is 0 Å². The lowest BCUT2D eigenvalue weighted by Gasteiger charge is -2.26. The minimum atomic E-state index is -4.76. The largest absolute Gasteiger partial charge is 0.404 e. The molecule has 7 nitrogen and oxygen atoms in total. The number of rotatable bonds is 6. The Morgan fingerprint density at radius 1 is 1.19 bits per heavy atom. The van der Waals surface area contributed by atoms with E-state index in [-0.39, 0.29) is 17.3 Å². The zero-order valence-electron chi connectivity index (χ0n) is 19.7. The molecule has 3 N–H and O–H groups in total.